The molecular weight excluding hydrogens is 322 g/mol. The SMILES string of the molecule is COc1cccc2c(C)c(C(=O)NC(C)CC(O)c3ccco3)oc12. The van der Waals surface area contributed by atoms with Crippen molar-refractivity contribution < 1.29 is 23.5 Å². The first-order valence-corrected chi connectivity index (χ1v) is 8.09. The van der Waals surface area contributed by atoms with Gasteiger partial charge in [-0.15, -0.1) is 0 Å². The number of aliphatic hydroxyl groups excluding tert-OH is 1. The van der Waals surface area contributed by atoms with Gasteiger partial charge in [0.2, 0.25) is 0 Å². The van der Waals surface area contributed by atoms with Crippen molar-refractivity contribution in [1.82, 2.24) is 5.32 Å². The molecule has 6 heteroatoms. The molecule has 2 unspecified atom stereocenters. The lowest BCUT2D eigenvalue weighted by molar-refractivity contribution is 0.0877. The summed E-state index contributed by atoms with van der Waals surface area (Å²) in [5, 5.41) is 13.8. The van der Waals surface area contributed by atoms with Gasteiger partial charge in [-0.1, -0.05) is 12.1 Å². The molecule has 2 atom stereocenters. The summed E-state index contributed by atoms with van der Waals surface area (Å²) in [7, 11) is 1.56. The third-order valence-corrected chi connectivity index (χ3v) is 4.18. The van der Waals surface area contributed by atoms with Crippen molar-refractivity contribution in [2.75, 3.05) is 7.11 Å². The zero-order valence-corrected chi connectivity index (χ0v) is 14.4. The first-order chi connectivity index (χ1) is 12.0. The lowest BCUT2D eigenvalue weighted by atomic mass is 10.1. The molecule has 6 nitrogen and oxygen atoms in total. The summed E-state index contributed by atoms with van der Waals surface area (Å²) >= 11 is 0. The lowest BCUT2D eigenvalue weighted by Gasteiger charge is -2.16. The largest absolute Gasteiger partial charge is 0.493 e. The summed E-state index contributed by atoms with van der Waals surface area (Å²) in [6, 6.07) is 8.68. The van der Waals surface area contributed by atoms with E-state index in [1.165, 1.54) is 6.26 Å². The Morgan fingerprint density at radius 2 is 2.12 bits per heavy atom. The normalized spacial score (nSPS) is 13.6. The fourth-order valence-corrected chi connectivity index (χ4v) is 2.87. The third-order valence-electron chi connectivity index (χ3n) is 4.18. The van der Waals surface area contributed by atoms with Crippen LogP contribution in [0.15, 0.2) is 45.4 Å². The van der Waals surface area contributed by atoms with Gasteiger partial charge < -0.3 is 24.0 Å². The number of rotatable bonds is 6. The van der Waals surface area contributed by atoms with E-state index >= 15 is 0 Å². The van der Waals surface area contributed by atoms with Gasteiger partial charge in [-0.05, 0) is 32.0 Å². The van der Waals surface area contributed by atoms with Gasteiger partial charge in [-0.3, -0.25) is 4.79 Å². The maximum absolute atomic E-state index is 12.6. The van der Waals surface area contributed by atoms with Gasteiger partial charge in [0.25, 0.3) is 5.91 Å². The number of fused-ring (bicyclic) bond motifs is 1. The molecule has 1 aromatic carbocycles. The molecule has 1 amide bonds. The standard InChI is InChI=1S/C19H21NO5/c1-11(10-14(21)15-8-5-9-24-15)20-19(22)17-12(2)13-6-4-7-16(23-3)18(13)25-17/h4-9,11,14,21H,10H2,1-3H3,(H,20,22). The summed E-state index contributed by atoms with van der Waals surface area (Å²) in [6.07, 6.45) is 1.07. The second-order valence-electron chi connectivity index (χ2n) is 6.03. The Morgan fingerprint density at radius 3 is 2.80 bits per heavy atom. The molecule has 2 heterocycles. The highest BCUT2D eigenvalue weighted by atomic mass is 16.5. The van der Waals surface area contributed by atoms with Gasteiger partial charge in [0.1, 0.15) is 11.9 Å². The fraction of sp³-hybridized carbons (Fsp3) is 0.316. The number of ether oxygens (including phenoxy) is 1. The molecule has 0 fully saturated rings. The minimum Gasteiger partial charge on any atom is -0.493 e. The van der Waals surface area contributed by atoms with Crippen LogP contribution in [0.3, 0.4) is 0 Å². The molecule has 0 spiro atoms. The average Bonchev–Trinajstić information content (AvgIpc) is 3.23. The number of aryl methyl sites for hydroxylation is 1. The summed E-state index contributed by atoms with van der Waals surface area (Å²) < 4.78 is 16.2. The topological polar surface area (TPSA) is 84.8 Å². The van der Waals surface area contributed by atoms with Crippen molar-refractivity contribution in [1.29, 1.82) is 0 Å². The van der Waals surface area contributed by atoms with Gasteiger partial charge in [0.05, 0.1) is 13.4 Å². The second kappa shape index (κ2) is 7.03. The molecule has 0 saturated carbocycles. The molecular formula is C19H21NO5. The third kappa shape index (κ3) is 3.39. The van der Waals surface area contributed by atoms with Crippen LogP contribution in [0.2, 0.25) is 0 Å². The van der Waals surface area contributed by atoms with Gasteiger partial charge >= 0.3 is 0 Å². The Morgan fingerprint density at radius 1 is 1.32 bits per heavy atom. The van der Waals surface area contributed by atoms with E-state index in [0.717, 1.165) is 10.9 Å². The van der Waals surface area contributed by atoms with Crippen LogP contribution >= 0.6 is 0 Å². The molecule has 25 heavy (non-hydrogen) atoms. The first-order valence-electron chi connectivity index (χ1n) is 8.09. The minimum atomic E-state index is -0.776. The maximum atomic E-state index is 12.6. The predicted molar refractivity (Wildman–Crippen MR) is 92.7 cm³/mol. The molecule has 2 aromatic heterocycles. The minimum absolute atomic E-state index is 0.249. The maximum Gasteiger partial charge on any atom is 0.287 e. The van der Waals surface area contributed by atoms with E-state index in [1.807, 2.05) is 26.0 Å². The van der Waals surface area contributed by atoms with Crippen molar-refractivity contribution >= 4 is 16.9 Å². The summed E-state index contributed by atoms with van der Waals surface area (Å²) in [4.78, 5) is 12.6. The van der Waals surface area contributed by atoms with E-state index in [4.69, 9.17) is 13.6 Å². The molecule has 3 aromatic rings. The van der Waals surface area contributed by atoms with Crippen LogP contribution in [0.4, 0.5) is 0 Å². The number of carbonyl (C=O) groups is 1. The summed E-state index contributed by atoms with van der Waals surface area (Å²) in [6.45, 7) is 3.66. The number of aliphatic hydroxyl groups is 1. The Balaban J connectivity index is 1.75. The Labute approximate surface area is 145 Å². The summed E-state index contributed by atoms with van der Waals surface area (Å²) in [5.41, 5.74) is 1.31. The van der Waals surface area contributed by atoms with E-state index in [2.05, 4.69) is 5.32 Å². The first kappa shape index (κ1) is 17.1. The van der Waals surface area contributed by atoms with Crippen LogP contribution in [-0.2, 0) is 0 Å². The molecule has 2 N–H and O–H groups in total. The number of methoxy groups -OCH3 is 1. The lowest BCUT2D eigenvalue weighted by Crippen LogP contribution is -2.33. The zero-order chi connectivity index (χ0) is 18.0. The van der Waals surface area contributed by atoms with Gasteiger partial charge in [0, 0.05) is 23.4 Å². The second-order valence-corrected chi connectivity index (χ2v) is 6.03. The van der Waals surface area contributed by atoms with Crippen molar-refractivity contribution in [3.8, 4) is 5.75 Å². The number of hydrogen-bond donors (Lipinski definition) is 2. The molecule has 0 bridgehead atoms. The molecule has 0 aliphatic carbocycles. The predicted octanol–water partition coefficient (Wildman–Crippen LogP) is 3.58. The van der Waals surface area contributed by atoms with Crippen molar-refractivity contribution in [3.05, 3.63) is 53.7 Å². The van der Waals surface area contributed by atoms with Crippen LogP contribution in [0.5, 0.6) is 5.75 Å². The van der Waals surface area contributed by atoms with Crippen molar-refractivity contribution in [2.45, 2.75) is 32.4 Å². The zero-order valence-electron chi connectivity index (χ0n) is 14.4. The van der Waals surface area contributed by atoms with Crippen LogP contribution in [-0.4, -0.2) is 24.2 Å². The number of hydrogen-bond acceptors (Lipinski definition) is 5. The van der Waals surface area contributed by atoms with E-state index in [9.17, 15) is 9.90 Å². The van der Waals surface area contributed by atoms with E-state index < -0.39 is 6.10 Å². The van der Waals surface area contributed by atoms with Crippen molar-refractivity contribution in [2.24, 2.45) is 0 Å². The number of furan rings is 2. The van der Waals surface area contributed by atoms with Gasteiger partial charge in [0.15, 0.2) is 17.1 Å². The number of para-hydroxylation sites is 1. The number of carbonyl (C=O) groups excluding carboxylic acids is 1. The van der Waals surface area contributed by atoms with E-state index in [0.29, 0.717) is 23.5 Å². The molecule has 0 aliphatic heterocycles. The quantitative estimate of drug-likeness (QED) is 0.714. The van der Waals surface area contributed by atoms with Crippen LogP contribution in [0.1, 0.15) is 41.3 Å². The molecule has 132 valence electrons. The van der Waals surface area contributed by atoms with E-state index in [-0.39, 0.29) is 17.7 Å². The monoisotopic (exact) mass is 343 g/mol. The molecule has 3 rings (SSSR count). The van der Waals surface area contributed by atoms with Crippen molar-refractivity contribution in [3.63, 3.8) is 0 Å². The van der Waals surface area contributed by atoms with Crippen LogP contribution in [0.25, 0.3) is 11.0 Å². The van der Waals surface area contributed by atoms with Crippen LogP contribution in [0, 0.1) is 6.92 Å². The average molecular weight is 343 g/mol. The smallest absolute Gasteiger partial charge is 0.287 e. The van der Waals surface area contributed by atoms with Gasteiger partial charge in [-0.25, -0.2) is 0 Å². The molecule has 0 saturated heterocycles. The van der Waals surface area contributed by atoms with Gasteiger partial charge in [-0.2, -0.15) is 0 Å². The van der Waals surface area contributed by atoms with Crippen LogP contribution < -0.4 is 10.1 Å². The highest BCUT2D eigenvalue weighted by Gasteiger charge is 2.22. The highest BCUT2D eigenvalue weighted by molar-refractivity contribution is 6.00. The van der Waals surface area contributed by atoms with E-state index in [1.54, 1.807) is 25.3 Å². The number of amides is 1. The number of nitrogens with one attached hydrogen (secondary N) is 1. The number of benzene rings is 1. The fourth-order valence-electron chi connectivity index (χ4n) is 2.87. The highest BCUT2D eigenvalue weighted by Crippen LogP contribution is 2.32. The Kier molecular flexibility index (Phi) is 4.81. The molecule has 0 aliphatic rings. The molecule has 0 radical (unpaired) electrons. The Hall–Kier alpha value is -2.73. The Bertz CT molecular complexity index is 865. The summed E-state index contributed by atoms with van der Waals surface area (Å²) in [5.74, 6) is 0.987.